The Bertz CT molecular complexity index is 640. The lowest BCUT2D eigenvalue weighted by Gasteiger charge is -2.30. The SMILES string of the molecule is CC1CNCCN(C(=O)c2ccccc2-n2nccn2)C1C. The maximum Gasteiger partial charge on any atom is 0.256 e. The fourth-order valence-corrected chi connectivity index (χ4v) is 2.82. The van der Waals surface area contributed by atoms with E-state index in [4.69, 9.17) is 0 Å². The zero-order chi connectivity index (χ0) is 15.5. The van der Waals surface area contributed by atoms with Crippen LogP contribution in [0.3, 0.4) is 0 Å². The maximum absolute atomic E-state index is 13.1. The van der Waals surface area contributed by atoms with Crippen molar-refractivity contribution < 1.29 is 4.79 Å². The van der Waals surface area contributed by atoms with Gasteiger partial charge in [0.05, 0.1) is 23.6 Å². The number of carbonyl (C=O) groups excluding carboxylic acids is 1. The quantitative estimate of drug-likeness (QED) is 0.909. The molecule has 0 bridgehead atoms. The van der Waals surface area contributed by atoms with E-state index in [9.17, 15) is 4.79 Å². The highest BCUT2D eigenvalue weighted by Crippen LogP contribution is 2.20. The van der Waals surface area contributed by atoms with Gasteiger partial charge < -0.3 is 10.2 Å². The van der Waals surface area contributed by atoms with Gasteiger partial charge in [-0.15, -0.1) is 0 Å². The lowest BCUT2D eigenvalue weighted by molar-refractivity contribution is 0.0670. The summed E-state index contributed by atoms with van der Waals surface area (Å²) in [5.41, 5.74) is 1.36. The average molecular weight is 299 g/mol. The molecule has 1 aliphatic heterocycles. The van der Waals surface area contributed by atoms with Crippen LogP contribution in [0.15, 0.2) is 36.7 Å². The summed E-state index contributed by atoms with van der Waals surface area (Å²) in [6.45, 7) is 6.76. The van der Waals surface area contributed by atoms with Crippen LogP contribution in [0.5, 0.6) is 0 Å². The second kappa shape index (κ2) is 6.27. The first-order chi connectivity index (χ1) is 10.7. The minimum atomic E-state index is 0.0379. The van der Waals surface area contributed by atoms with Crippen LogP contribution >= 0.6 is 0 Å². The molecule has 0 saturated carbocycles. The third-order valence-electron chi connectivity index (χ3n) is 4.34. The second-order valence-electron chi connectivity index (χ2n) is 5.76. The molecule has 1 aliphatic rings. The molecule has 3 rings (SSSR count). The van der Waals surface area contributed by atoms with Gasteiger partial charge >= 0.3 is 0 Å². The molecule has 0 spiro atoms. The van der Waals surface area contributed by atoms with Gasteiger partial charge in [-0.2, -0.15) is 15.0 Å². The van der Waals surface area contributed by atoms with Crippen LogP contribution in [0.2, 0.25) is 0 Å². The van der Waals surface area contributed by atoms with Gasteiger partial charge in [0.1, 0.15) is 0 Å². The highest BCUT2D eigenvalue weighted by Gasteiger charge is 2.28. The normalized spacial score (nSPS) is 22.4. The van der Waals surface area contributed by atoms with Gasteiger partial charge in [0.25, 0.3) is 5.91 Å². The zero-order valence-corrected chi connectivity index (χ0v) is 12.9. The molecule has 0 aliphatic carbocycles. The van der Waals surface area contributed by atoms with Crippen LogP contribution in [-0.4, -0.2) is 51.5 Å². The van der Waals surface area contributed by atoms with E-state index in [0.717, 1.165) is 18.8 Å². The van der Waals surface area contributed by atoms with Crippen molar-refractivity contribution in [3.63, 3.8) is 0 Å². The Morgan fingerprint density at radius 2 is 1.95 bits per heavy atom. The summed E-state index contributed by atoms with van der Waals surface area (Å²) < 4.78 is 0. The topological polar surface area (TPSA) is 63.1 Å². The van der Waals surface area contributed by atoms with Crippen molar-refractivity contribution in [2.45, 2.75) is 19.9 Å². The van der Waals surface area contributed by atoms with E-state index < -0.39 is 0 Å². The van der Waals surface area contributed by atoms with Gasteiger partial charge in [-0.1, -0.05) is 19.1 Å². The lowest BCUT2D eigenvalue weighted by atomic mass is 10.0. The molecule has 1 saturated heterocycles. The standard InChI is InChI=1S/C16H21N5O/c1-12-11-17-9-10-20(13(12)2)16(22)14-5-3-4-6-15(14)21-18-7-8-19-21/h3-8,12-13,17H,9-11H2,1-2H3. The molecule has 1 fully saturated rings. The molecule has 1 aromatic carbocycles. The Kier molecular flexibility index (Phi) is 4.20. The van der Waals surface area contributed by atoms with Crippen molar-refractivity contribution >= 4 is 5.91 Å². The molecule has 6 heteroatoms. The Morgan fingerprint density at radius 3 is 2.73 bits per heavy atom. The van der Waals surface area contributed by atoms with Crippen molar-refractivity contribution in [2.75, 3.05) is 19.6 Å². The molecule has 2 aromatic rings. The number of benzene rings is 1. The number of nitrogens with zero attached hydrogens (tertiary/aromatic N) is 4. The van der Waals surface area contributed by atoms with Gasteiger partial charge in [0.15, 0.2) is 0 Å². The third kappa shape index (κ3) is 2.74. The molecule has 22 heavy (non-hydrogen) atoms. The third-order valence-corrected chi connectivity index (χ3v) is 4.34. The lowest BCUT2D eigenvalue weighted by Crippen LogP contribution is -2.42. The summed E-state index contributed by atoms with van der Waals surface area (Å²) >= 11 is 0. The van der Waals surface area contributed by atoms with Gasteiger partial charge in [0, 0.05) is 19.1 Å². The number of amides is 1. The number of hydrogen-bond donors (Lipinski definition) is 1. The van der Waals surface area contributed by atoms with Crippen molar-refractivity contribution in [3.8, 4) is 5.69 Å². The number of rotatable bonds is 2. The van der Waals surface area contributed by atoms with Gasteiger partial charge in [-0.3, -0.25) is 4.79 Å². The molecule has 0 radical (unpaired) electrons. The summed E-state index contributed by atoms with van der Waals surface area (Å²) in [4.78, 5) is 16.5. The molecule has 6 nitrogen and oxygen atoms in total. The van der Waals surface area contributed by atoms with Crippen LogP contribution in [-0.2, 0) is 0 Å². The van der Waals surface area contributed by atoms with E-state index >= 15 is 0 Å². The summed E-state index contributed by atoms with van der Waals surface area (Å²) in [5.74, 6) is 0.456. The second-order valence-corrected chi connectivity index (χ2v) is 5.76. The predicted octanol–water partition coefficient (Wildman–Crippen LogP) is 1.34. The summed E-state index contributed by atoms with van der Waals surface area (Å²) in [6, 6.07) is 7.69. The Hall–Kier alpha value is -2.21. The maximum atomic E-state index is 13.1. The highest BCUT2D eigenvalue weighted by atomic mass is 16.2. The minimum Gasteiger partial charge on any atom is -0.334 e. The molecule has 1 N–H and O–H groups in total. The smallest absolute Gasteiger partial charge is 0.256 e. The van der Waals surface area contributed by atoms with E-state index in [1.54, 1.807) is 12.4 Å². The van der Waals surface area contributed by atoms with Crippen LogP contribution in [0.1, 0.15) is 24.2 Å². The fourth-order valence-electron chi connectivity index (χ4n) is 2.82. The van der Waals surface area contributed by atoms with Crippen molar-refractivity contribution in [1.82, 2.24) is 25.2 Å². The van der Waals surface area contributed by atoms with Crippen LogP contribution in [0, 0.1) is 5.92 Å². The number of aromatic nitrogens is 3. The zero-order valence-electron chi connectivity index (χ0n) is 12.9. The molecule has 2 heterocycles. The van der Waals surface area contributed by atoms with E-state index in [2.05, 4.69) is 29.4 Å². The van der Waals surface area contributed by atoms with Crippen molar-refractivity contribution in [2.24, 2.45) is 5.92 Å². The number of para-hydroxylation sites is 1. The Morgan fingerprint density at radius 1 is 1.23 bits per heavy atom. The Labute approximate surface area is 130 Å². The van der Waals surface area contributed by atoms with Crippen LogP contribution in [0.25, 0.3) is 5.69 Å². The number of carbonyl (C=O) groups is 1. The van der Waals surface area contributed by atoms with E-state index in [0.29, 0.717) is 18.0 Å². The van der Waals surface area contributed by atoms with Gasteiger partial charge in [-0.05, 0) is 31.5 Å². The highest BCUT2D eigenvalue weighted by molar-refractivity contribution is 5.97. The monoisotopic (exact) mass is 299 g/mol. The number of hydrogen-bond acceptors (Lipinski definition) is 4. The molecule has 2 atom stereocenters. The first-order valence-corrected chi connectivity index (χ1v) is 7.66. The van der Waals surface area contributed by atoms with E-state index in [-0.39, 0.29) is 11.9 Å². The molecule has 116 valence electrons. The minimum absolute atomic E-state index is 0.0379. The van der Waals surface area contributed by atoms with Gasteiger partial charge in [0.2, 0.25) is 0 Å². The number of nitrogens with one attached hydrogen (secondary N) is 1. The van der Waals surface area contributed by atoms with Crippen molar-refractivity contribution in [1.29, 1.82) is 0 Å². The summed E-state index contributed by atoms with van der Waals surface area (Å²) in [6.07, 6.45) is 3.23. The fraction of sp³-hybridized carbons (Fsp3) is 0.438. The summed E-state index contributed by atoms with van der Waals surface area (Å²) in [5, 5.41) is 11.7. The molecular formula is C16H21N5O. The molecule has 2 unspecified atom stereocenters. The van der Waals surface area contributed by atoms with Gasteiger partial charge in [-0.25, -0.2) is 0 Å². The Balaban J connectivity index is 1.95. The van der Waals surface area contributed by atoms with Crippen LogP contribution < -0.4 is 5.32 Å². The molecular weight excluding hydrogens is 278 g/mol. The van der Waals surface area contributed by atoms with Crippen LogP contribution in [0.4, 0.5) is 0 Å². The first kappa shape index (κ1) is 14.7. The average Bonchev–Trinajstić information content (AvgIpc) is 3.02. The predicted molar refractivity (Wildman–Crippen MR) is 83.9 cm³/mol. The van der Waals surface area contributed by atoms with E-state index in [1.807, 2.05) is 29.2 Å². The first-order valence-electron chi connectivity index (χ1n) is 7.66. The van der Waals surface area contributed by atoms with E-state index in [1.165, 1.54) is 4.80 Å². The summed E-state index contributed by atoms with van der Waals surface area (Å²) in [7, 11) is 0. The molecule has 1 amide bonds. The largest absolute Gasteiger partial charge is 0.334 e. The van der Waals surface area contributed by atoms with Crippen molar-refractivity contribution in [3.05, 3.63) is 42.2 Å². The molecule has 1 aromatic heterocycles.